The average Bonchev–Trinajstić information content (AvgIpc) is 2.74. The summed E-state index contributed by atoms with van der Waals surface area (Å²) in [6.07, 6.45) is 3.22. The zero-order valence-electron chi connectivity index (χ0n) is 11.7. The molecule has 0 radical (unpaired) electrons. The number of halogens is 1. The van der Waals surface area contributed by atoms with Crippen LogP contribution in [0.15, 0.2) is 18.2 Å². The maximum Gasteiger partial charge on any atom is 0.415 e. The van der Waals surface area contributed by atoms with E-state index in [0.717, 1.165) is 18.5 Å². The Balaban J connectivity index is 2.20. The summed E-state index contributed by atoms with van der Waals surface area (Å²) in [6.45, 7) is 5.66. The monoisotopic (exact) mass is 373 g/mol. The minimum absolute atomic E-state index is 0.278. The van der Waals surface area contributed by atoms with E-state index in [9.17, 15) is 4.79 Å². The lowest BCUT2D eigenvalue weighted by molar-refractivity contribution is 0.0588. The third-order valence-corrected chi connectivity index (χ3v) is 3.81. The Hall–Kier alpha value is -0.780. The molecule has 0 heterocycles. The van der Waals surface area contributed by atoms with Crippen molar-refractivity contribution in [3.63, 3.8) is 0 Å². The Morgan fingerprint density at radius 2 is 2.00 bits per heavy atom. The van der Waals surface area contributed by atoms with Gasteiger partial charge in [-0.1, -0.05) is 28.7 Å². The standard InChI is InChI=1S/C15H20INO2/c1-15(2,3)19-14(18)17(10-16)13-8-7-11-5-4-6-12(11)9-13/h7-9H,4-6,10H2,1-3H3. The van der Waals surface area contributed by atoms with Crippen molar-refractivity contribution in [2.45, 2.75) is 45.6 Å². The summed E-state index contributed by atoms with van der Waals surface area (Å²) in [5.74, 6) is 0. The Morgan fingerprint density at radius 3 is 2.63 bits per heavy atom. The molecule has 3 nitrogen and oxygen atoms in total. The Morgan fingerprint density at radius 1 is 1.32 bits per heavy atom. The number of carbonyl (C=O) groups is 1. The SMILES string of the molecule is CC(C)(C)OC(=O)N(CI)c1ccc2c(c1)CCC2. The van der Waals surface area contributed by atoms with E-state index in [2.05, 4.69) is 34.7 Å². The molecule has 1 aromatic rings. The van der Waals surface area contributed by atoms with Crippen molar-refractivity contribution >= 4 is 34.4 Å². The van der Waals surface area contributed by atoms with Crippen molar-refractivity contribution in [2.75, 3.05) is 9.45 Å². The molecule has 1 amide bonds. The zero-order valence-corrected chi connectivity index (χ0v) is 13.9. The molecule has 1 aromatic carbocycles. The van der Waals surface area contributed by atoms with E-state index in [-0.39, 0.29) is 6.09 Å². The maximum absolute atomic E-state index is 12.2. The van der Waals surface area contributed by atoms with Crippen LogP contribution in [0.3, 0.4) is 0 Å². The summed E-state index contributed by atoms with van der Waals surface area (Å²) in [5, 5.41) is 0. The van der Waals surface area contributed by atoms with E-state index in [1.54, 1.807) is 4.90 Å². The maximum atomic E-state index is 12.2. The minimum Gasteiger partial charge on any atom is -0.443 e. The van der Waals surface area contributed by atoms with E-state index >= 15 is 0 Å². The van der Waals surface area contributed by atoms with Gasteiger partial charge in [0, 0.05) is 5.69 Å². The normalized spacial score (nSPS) is 14.1. The summed E-state index contributed by atoms with van der Waals surface area (Å²) in [4.78, 5) is 13.9. The highest BCUT2D eigenvalue weighted by Gasteiger charge is 2.23. The number of amides is 1. The predicted octanol–water partition coefficient (Wildman–Crippen LogP) is 4.31. The molecule has 0 N–H and O–H groups in total. The zero-order chi connectivity index (χ0) is 14.0. The van der Waals surface area contributed by atoms with Gasteiger partial charge in [-0.05, 0) is 63.3 Å². The van der Waals surface area contributed by atoms with Crippen LogP contribution in [0.4, 0.5) is 10.5 Å². The molecule has 0 atom stereocenters. The summed E-state index contributed by atoms with van der Waals surface area (Å²) < 4.78 is 6.04. The number of rotatable bonds is 2. The van der Waals surface area contributed by atoms with Gasteiger partial charge in [0.2, 0.25) is 0 Å². The number of fused-ring (bicyclic) bond motifs is 1. The van der Waals surface area contributed by atoms with Crippen LogP contribution >= 0.6 is 22.6 Å². The van der Waals surface area contributed by atoms with Gasteiger partial charge >= 0.3 is 6.09 Å². The van der Waals surface area contributed by atoms with Crippen LogP contribution in [0.2, 0.25) is 0 Å². The molecule has 2 rings (SSSR count). The molecular weight excluding hydrogens is 353 g/mol. The first-order chi connectivity index (χ1) is 8.90. The first-order valence-electron chi connectivity index (χ1n) is 6.59. The number of hydrogen-bond acceptors (Lipinski definition) is 2. The van der Waals surface area contributed by atoms with Gasteiger partial charge in [0.25, 0.3) is 0 Å². The molecule has 0 aliphatic heterocycles. The quantitative estimate of drug-likeness (QED) is 0.439. The lowest BCUT2D eigenvalue weighted by atomic mass is 10.1. The highest BCUT2D eigenvalue weighted by molar-refractivity contribution is 14.1. The van der Waals surface area contributed by atoms with E-state index in [0.29, 0.717) is 4.55 Å². The van der Waals surface area contributed by atoms with Crippen LogP contribution in [0.5, 0.6) is 0 Å². The minimum atomic E-state index is -0.460. The van der Waals surface area contributed by atoms with Crippen molar-refractivity contribution in [3.8, 4) is 0 Å². The number of benzene rings is 1. The topological polar surface area (TPSA) is 29.5 Å². The number of nitrogens with zero attached hydrogens (tertiary/aromatic N) is 1. The number of ether oxygens (including phenoxy) is 1. The largest absolute Gasteiger partial charge is 0.443 e. The second-order valence-corrected chi connectivity index (χ2v) is 6.52. The number of alkyl halides is 1. The second-order valence-electron chi connectivity index (χ2n) is 5.83. The van der Waals surface area contributed by atoms with Crippen molar-refractivity contribution < 1.29 is 9.53 Å². The van der Waals surface area contributed by atoms with Crippen LogP contribution < -0.4 is 4.90 Å². The molecule has 0 fully saturated rings. The van der Waals surface area contributed by atoms with Gasteiger partial charge in [-0.3, -0.25) is 4.90 Å². The Bertz CT molecular complexity index is 480. The summed E-state index contributed by atoms with van der Waals surface area (Å²) in [7, 11) is 0. The fraction of sp³-hybridized carbons (Fsp3) is 0.533. The molecular formula is C15H20INO2. The van der Waals surface area contributed by atoms with Gasteiger partial charge in [-0.15, -0.1) is 0 Å². The first kappa shape index (κ1) is 14.6. The molecule has 0 saturated heterocycles. The number of carbonyl (C=O) groups excluding carboxylic acids is 1. The average molecular weight is 373 g/mol. The van der Waals surface area contributed by atoms with Crippen LogP contribution in [-0.2, 0) is 17.6 Å². The summed E-state index contributed by atoms with van der Waals surface area (Å²) >= 11 is 2.19. The lowest BCUT2D eigenvalue weighted by Crippen LogP contribution is -2.36. The molecule has 104 valence electrons. The fourth-order valence-electron chi connectivity index (χ4n) is 2.27. The first-order valence-corrected chi connectivity index (χ1v) is 8.11. The van der Waals surface area contributed by atoms with E-state index in [4.69, 9.17) is 4.74 Å². The molecule has 0 saturated carbocycles. The number of hydrogen-bond donors (Lipinski definition) is 0. The van der Waals surface area contributed by atoms with Gasteiger partial charge < -0.3 is 4.74 Å². The van der Waals surface area contributed by atoms with Crippen LogP contribution in [0.25, 0.3) is 0 Å². The van der Waals surface area contributed by atoms with Crippen LogP contribution in [0, 0.1) is 0 Å². The molecule has 0 spiro atoms. The van der Waals surface area contributed by atoms with Crippen LogP contribution in [-0.4, -0.2) is 16.2 Å². The van der Waals surface area contributed by atoms with Crippen molar-refractivity contribution in [3.05, 3.63) is 29.3 Å². The number of aryl methyl sites for hydroxylation is 2. The summed E-state index contributed by atoms with van der Waals surface area (Å²) in [5.41, 5.74) is 3.26. The van der Waals surface area contributed by atoms with Crippen molar-refractivity contribution in [2.24, 2.45) is 0 Å². The highest BCUT2D eigenvalue weighted by atomic mass is 127. The van der Waals surface area contributed by atoms with E-state index in [1.807, 2.05) is 26.8 Å². The highest BCUT2D eigenvalue weighted by Crippen LogP contribution is 2.28. The van der Waals surface area contributed by atoms with Gasteiger partial charge in [0.15, 0.2) is 0 Å². The van der Waals surface area contributed by atoms with Gasteiger partial charge in [0.05, 0.1) is 4.55 Å². The summed E-state index contributed by atoms with van der Waals surface area (Å²) in [6, 6.07) is 6.29. The van der Waals surface area contributed by atoms with E-state index < -0.39 is 5.60 Å². The van der Waals surface area contributed by atoms with Crippen molar-refractivity contribution in [1.29, 1.82) is 0 Å². The van der Waals surface area contributed by atoms with Gasteiger partial charge in [-0.25, -0.2) is 4.79 Å². The molecule has 0 unspecified atom stereocenters. The van der Waals surface area contributed by atoms with Crippen LogP contribution in [0.1, 0.15) is 38.3 Å². The molecule has 0 bridgehead atoms. The smallest absolute Gasteiger partial charge is 0.415 e. The fourth-order valence-corrected chi connectivity index (χ4v) is 2.94. The third kappa shape index (κ3) is 3.61. The van der Waals surface area contributed by atoms with E-state index in [1.165, 1.54) is 17.5 Å². The number of anilines is 1. The Kier molecular flexibility index (Phi) is 4.38. The van der Waals surface area contributed by atoms with Crippen molar-refractivity contribution in [1.82, 2.24) is 0 Å². The lowest BCUT2D eigenvalue weighted by Gasteiger charge is -2.26. The third-order valence-electron chi connectivity index (χ3n) is 3.13. The van der Waals surface area contributed by atoms with Gasteiger partial charge in [0.1, 0.15) is 5.60 Å². The molecule has 19 heavy (non-hydrogen) atoms. The molecule has 4 heteroatoms. The predicted molar refractivity (Wildman–Crippen MR) is 86.1 cm³/mol. The molecule has 1 aliphatic rings. The van der Waals surface area contributed by atoms with Gasteiger partial charge in [-0.2, -0.15) is 0 Å². The Labute approximate surface area is 128 Å². The molecule has 1 aliphatic carbocycles. The second kappa shape index (κ2) is 5.69. The molecule has 0 aromatic heterocycles.